The van der Waals surface area contributed by atoms with E-state index < -0.39 is 17.6 Å². The average Bonchev–Trinajstić information content (AvgIpc) is 3.06. The van der Waals surface area contributed by atoms with Gasteiger partial charge in [0.15, 0.2) is 0 Å². The van der Waals surface area contributed by atoms with E-state index in [1.54, 1.807) is 18.0 Å². The predicted octanol–water partition coefficient (Wildman–Crippen LogP) is 5.18. The van der Waals surface area contributed by atoms with Crippen LogP contribution in [0.1, 0.15) is 17.0 Å². The van der Waals surface area contributed by atoms with E-state index in [0.717, 1.165) is 12.1 Å². The molecule has 1 heterocycles. The van der Waals surface area contributed by atoms with Crippen molar-refractivity contribution in [1.82, 2.24) is 15.0 Å². The number of halogens is 5. The molecule has 1 aromatic heterocycles. The van der Waals surface area contributed by atoms with Crippen LogP contribution in [0.25, 0.3) is 11.4 Å². The number of nitrogens with zero attached hydrogens (tertiary/aromatic N) is 3. The molecule has 0 aliphatic carbocycles. The van der Waals surface area contributed by atoms with Gasteiger partial charge in [0, 0.05) is 22.7 Å². The molecule has 0 saturated heterocycles. The summed E-state index contributed by atoms with van der Waals surface area (Å²) in [4.78, 5) is 5.90. The number of alkyl halides is 3. The molecule has 3 rings (SSSR count). The van der Waals surface area contributed by atoms with Crippen LogP contribution in [0.5, 0.6) is 0 Å². The molecule has 0 radical (unpaired) electrons. The Kier molecular flexibility index (Phi) is 5.48. The van der Waals surface area contributed by atoms with Gasteiger partial charge in [-0.15, -0.1) is 0 Å². The van der Waals surface area contributed by atoms with Crippen LogP contribution in [0.4, 0.5) is 17.6 Å². The fourth-order valence-corrected chi connectivity index (χ4v) is 2.71. The van der Waals surface area contributed by atoms with Gasteiger partial charge >= 0.3 is 6.18 Å². The quantitative estimate of drug-likeness (QED) is 0.554. The van der Waals surface area contributed by atoms with Crippen molar-refractivity contribution in [2.45, 2.75) is 19.3 Å². The monoisotopic (exact) mass is 399 g/mol. The van der Waals surface area contributed by atoms with Gasteiger partial charge in [0.25, 0.3) is 0 Å². The average molecular weight is 400 g/mol. The molecule has 0 unspecified atom stereocenters. The number of rotatable bonds is 5. The second-order valence-corrected chi connectivity index (χ2v) is 6.37. The molecule has 0 aliphatic rings. The second kappa shape index (κ2) is 7.66. The van der Waals surface area contributed by atoms with Crippen LogP contribution in [0.15, 0.2) is 47.0 Å². The molecule has 0 saturated carbocycles. The molecular weight excluding hydrogens is 386 g/mol. The SMILES string of the molecule is CN(Cc1nc(-c2ccc(C(F)(F)F)cc2)no1)Cc1c(F)cccc1Cl. The maximum atomic E-state index is 13.8. The lowest BCUT2D eigenvalue weighted by atomic mass is 10.1. The number of benzene rings is 2. The van der Waals surface area contributed by atoms with E-state index in [0.29, 0.717) is 16.1 Å². The zero-order valence-electron chi connectivity index (χ0n) is 14.1. The molecule has 142 valence electrons. The first-order valence-corrected chi connectivity index (χ1v) is 8.23. The van der Waals surface area contributed by atoms with Crippen LogP contribution in [-0.2, 0) is 19.3 Å². The van der Waals surface area contributed by atoms with Crippen molar-refractivity contribution in [2.24, 2.45) is 0 Å². The van der Waals surface area contributed by atoms with E-state index in [1.807, 2.05) is 0 Å². The van der Waals surface area contributed by atoms with Gasteiger partial charge in [-0.05, 0) is 31.3 Å². The number of hydrogen-bond donors (Lipinski definition) is 0. The van der Waals surface area contributed by atoms with Crippen LogP contribution < -0.4 is 0 Å². The molecule has 0 bridgehead atoms. The third kappa shape index (κ3) is 4.64. The minimum atomic E-state index is -4.41. The van der Waals surface area contributed by atoms with E-state index in [9.17, 15) is 17.6 Å². The standard InChI is InChI=1S/C18H14ClF4N3O/c1-26(9-13-14(19)3-2-4-15(13)20)10-16-24-17(25-27-16)11-5-7-12(8-6-11)18(21,22)23/h2-8H,9-10H2,1H3. The Balaban J connectivity index is 1.69. The Morgan fingerprint density at radius 2 is 1.78 bits per heavy atom. The van der Waals surface area contributed by atoms with Crippen LogP contribution in [0.3, 0.4) is 0 Å². The van der Waals surface area contributed by atoms with Crippen molar-refractivity contribution in [3.63, 3.8) is 0 Å². The summed E-state index contributed by atoms with van der Waals surface area (Å²) in [6.07, 6.45) is -4.41. The topological polar surface area (TPSA) is 42.2 Å². The van der Waals surface area contributed by atoms with Gasteiger partial charge in [0.1, 0.15) is 5.82 Å². The van der Waals surface area contributed by atoms with E-state index in [4.69, 9.17) is 16.1 Å². The summed E-state index contributed by atoms with van der Waals surface area (Å²) in [7, 11) is 1.73. The molecule has 0 N–H and O–H groups in total. The highest BCUT2D eigenvalue weighted by molar-refractivity contribution is 6.31. The van der Waals surface area contributed by atoms with Gasteiger partial charge in [0.05, 0.1) is 12.1 Å². The van der Waals surface area contributed by atoms with Crippen LogP contribution in [0.2, 0.25) is 5.02 Å². The molecule has 0 atom stereocenters. The zero-order chi connectivity index (χ0) is 19.6. The molecule has 0 spiro atoms. The Morgan fingerprint density at radius 1 is 1.07 bits per heavy atom. The molecule has 2 aromatic carbocycles. The second-order valence-electron chi connectivity index (χ2n) is 5.96. The summed E-state index contributed by atoms with van der Waals surface area (Å²) in [5.74, 6) is 0.0150. The van der Waals surface area contributed by atoms with Crippen molar-refractivity contribution >= 4 is 11.6 Å². The van der Waals surface area contributed by atoms with Crippen molar-refractivity contribution in [2.75, 3.05) is 7.05 Å². The zero-order valence-corrected chi connectivity index (χ0v) is 14.9. The molecule has 4 nitrogen and oxygen atoms in total. The highest BCUT2D eigenvalue weighted by Crippen LogP contribution is 2.30. The van der Waals surface area contributed by atoms with E-state index in [1.165, 1.54) is 24.3 Å². The van der Waals surface area contributed by atoms with Gasteiger partial charge < -0.3 is 4.52 Å². The summed E-state index contributed by atoms with van der Waals surface area (Å²) >= 11 is 6.01. The van der Waals surface area contributed by atoms with Crippen molar-refractivity contribution in [3.05, 3.63) is 70.3 Å². The Morgan fingerprint density at radius 3 is 2.41 bits per heavy atom. The minimum absolute atomic E-state index is 0.177. The molecule has 9 heteroatoms. The predicted molar refractivity (Wildman–Crippen MR) is 91.3 cm³/mol. The molecule has 27 heavy (non-hydrogen) atoms. The highest BCUT2D eigenvalue weighted by Gasteiger charge is 2.30. The Labute approximate surface area is 157 Å². The number of hydrogen-bond acceptors (Lipinski definition) is 4. The van der Waals surface area contributed by atoms with Crippen molar-refractivity contribution < 1.29 is 22.1 Å². The minimum Gasteiger partial charge on any atom is -0.338 e. The lowest BCUT2D eigenvalue weighted by Gasteiger charge is -2.15. The fourth-order valence-electron chi connectivity index (χ4n) is 2.48. The van der Waals surface area contributed by atoms with Crippen molar-refractivity contribution in [1.29, 1.82) is 0 Å². The first-order valence-electron chi connectivity index (χ1n) is 7.85. The summed E-state index contributed by atoms with van der Waals surface area (Å²) < 4.78 is 56.8. The molecule has 3 aromatic rings. The lowest BCUT2D eigenvalue weighted by molar-refractivity contribution is -0.137. The third-order valence-corrected chi connectivity index (χ3v) is 4.19. The number of aromatic nitrogens is 2. The molecular formula is C18H14ClF4N3O. The summed E-state index contributed by atoms with van der Waals surface area (Å²) in [6, 6.07) is 8.92. The largest absolute Gasteiger partial charge is 0.416 e. The molecule has 0 amide bonds. The maximum absolute atomic E-state index is 13.8. The van der Waals surface area contributed by atoms with Crippen LogP contribution in [0, 0.1) is 5.82 Å². The third-order valence-electron chi connectivity index (χ3n) is 3.83. The van der Waals surface area contributed by atoms with Gasteiger partial charge in [0.2, 0.25) is 11.7 Å². The normalized spacial score (nSPS) is 12.0. The first-order chi connectivity index (χ1) is 12.7. The molecule has 0 aliphatic heterocycles. The molecule has 0 fully saturated rings. The lowest BCUT2D eigenvalue weighted by Crippen LogP contribution is -2.18. The van der Waals surface area contributed by atoms with Gasteiger partial charge in [-0.3, -0.25) is 4.90 Å². The van der Waals surface area contributed by atoms with Crippen molar-refractivity contribution in [3.8, 4) is 11.4 Å². The fraction of sp³-hybridized carbons (Fsp3) is 0.222. The van der Waals surface area contributed by atoms with Gasteiger partial charge in [-0.25, -0.2) is 4.39 Å². The van der Waals surface area contributed by atoms with E-state index in [-0.39, 0.29) is 24.8 Å². The maximum Gasteiger partial charge on any atom is 0.416 e. The van der Waals surface area contributed by atoms with Gasteiger partial charge in [-0.2, -0.15) is 18.2 Å². The Hall–Kier alpha value is -2.45. The van der Waals surface area contributed by atoms with Crippen LogP contribution in [-0.4, -0.2) is 22.1 Å². The Bertz CT molecular complexity index is 905. The highest BCUT2D eigenvalue weighted by atomic mass is 35.5. The van der Waals surface area contributed by atoms with Gasteiger partial charge in [-0.1, -0.05) is 35.0 Å². The van der Waals surface area contributed by atoms with E-state index >= 15 is 0 Å². The van der Waals surface area contributed by atoms with E-state index in [2.05, 4.69) is 10.1 Å². The summed E-state index contributed by atoms with van der Waals surface area (Å²) in [5.41, 5.74) is -0.00147. The smallest absolute Gasteiger partial charge is 0.338 e. The summed E-state index contributed by atoms with van der Waals surface area (Å²) in [6.45, 7) is 0.446. The summed E-state index contributed by atoms with van der Waals surface area (Å²) in [5, 5.41) is 4.10. The first kappa shape index (κ1) is 19.3. The van der Waals surface area contributed by atoms with Crippen LogP contribution >= 0.6 is 11.6 Å².